The third kappa shape index (κ3) is 36.9. The van der Waals surface area contributed by atoms with Crippen molar-refractivity contribution in [2.45, 2.75) is 60.4 Å². The second-order valence-corrected chi connectivity index (χ2v) is 19.7. The molecule has 24 nitrogen and oxygen atoms in total. The number of alkyl halides is 3. The van der Waals surface area contributed by atoms with Gasteiger partial charge < -0.3 is 82.0 Å². The summed E-state index contributed by atoms with van der Waals surface area (Å²) in [7, 11) is 9.81. The molecule has 0 unspecified atom stereocenters. The van der Waals surface area contributed by atoms with E-state index in [2.05, 4.69) is 51.9 Å². The van der Waals surface area contributed by atoms with Crippen LogP contribution in [0.15, 0.2) is 97.1 Å². The number of rotatable bonds is 11. The van der Waals surface area contributed by atoms with Gasteiger partial charge in [0.05, 0.1) is 75.1 Å². The van der Waals surface area contributed by atoms with Gasteiger partial charge in [0, 0.05) is 45.1 Å². The van der Waals surface area contributed by atoms with Gasteiger partial charge in [-0.2, -0.15) is 30.7 Å². The number of esters is 6. The molecule has 0 fully saturated rings. The number of carboxylic acids is 1. The van der Waals surface area contributed by atoms with E-state index in [1.165, 1.54) is 95.2 Å². The first-order valence-corrected chi connectivity index (χ1v) is 30.9. The van der Waals surface area contributed by atoms with Crippen LogP contribution in [0.25, 0.3) is 14.5 Å². The SMILES string of the molecule is C.CC(=O)O.COC(=O)c1ccc(O)c(I)c1.COC(=O)c1ccc(O)cc1.ClI.O=C(Oc1c(F)c(F)c(F)c(F)c1F)C(F)(F)F.[C-]#N.[C-]#N.[C-]#[N+]c1cc(C(=O)OC)ccc1O.[C-]#[N+]c1cc(C(=O)OC)ccc1OC(C)C.[C-]#[N+]c1cc(C(=O)Oc2c(F)c(F)c(F)c(F)c2F)ccc1OC(C)C.[Cu+].[Na+]. The van der Waals surface area contributed by atoms with Crippen LogP contribution in [0.3, 0.4) is 0 Å². The number of aromatic hydroxyl groups is 3. The summed E-state index contributed by atoms with van der Waals surface area (Å²) in [6, 6.07) is 22.5. The standard InChI is InChI=1S/C17H10F5NO3.C12H13NO3.C9H7NO3.C8F8O2.C8H7IO3.C8H8O3.C2H4O2.2CN.CH4.ClI.Cu.Na/c1-7(2)25-10-5-4-8(6-9(10)23-3)17(24)26-16-14(21)12(19)11(18)13(20)15(16)22;1-8(2)16-11-6-5-9(12(14)15-4)7-10(11)13-3;1-10-7-5-6(9(12)13-2)3-4-8(7)11;9-1-2(10)4(12)6(5(13)3(1)11)18-7(17)8(14,15)16;1-12-8(11)5-2-3-7(10)6(9)4-5;1-11-8(10)6-2-4-7(9)5-3-6;1-2(3)4;2*1-2;;1-2;;/h4-7H,1-2H3;5-8H,1-2,4H3;3-5,11H,2H3;;2-4,10H,1H3;2-5,9H,1H3;1H3,(H,3,4);;;1H4;;;/q;;;;;;;2*-1;;;2*+1. The van der Waals surface area contributed by atoms with Gasteiger partial charge in [0.15, 0.2) is 0 Å². The minimum atomic E-state index is -5.65. The molecular formula is C67H53ClCuF13I2N5NaO19. The Hall–Kier alpha value is -10.4. The zero-order valence-electron chi connectivity index (χ0n) is 56.4. The van der Waals surface area contributed by atoms with Gasteiger partial charge in [-0.1, -0.05) is 7.43 Å². The van der Waals surface area contributed by atoms with Crippen LogP contribution in [-0.2, 0) is 45.6 Å². The minimum absolute atomic E-state index is 0. The Labute approximate surface area is 675 Å². The number of hydrogen-bond donors (Lipinski definition) is 4. The van der Waals surface area contributed by atoms with Gasteiger partial charge in [-0.3, -0.25) is 4.79 Å². The molecule has 42 heteroatoms. The van der Waals surface area contributed by atoms with Crippen molar-refractivity contribution >= 4 is 112 Å². The Morgan fingerprint density at radius 2 is 0.706 bits per heavy atom. The average molecular weight is 1850 g/mol. The number of phenols is 3. The summed E-state index contributed by atoms with van der Waals surface area (Å²) in [6.45, 7) is 38.5. The van der Waals surface area contributed by atoms with Crippen LogP contribution in [-0.4, -0.2) is 109 Å². The van der Waals surface area contributed by atoms with Crippen molar-refractivity contribution in [3.05, 3.63) is 234 Å². The fourth-order valence-corrected chi connectivity index (χ4v) is 6.78. The summed E-state index contributed by atoms with van der Waals surface area (Å²) < 4.78 is 201. The average Bonchev–Trinajstić information content (AvgIpc) is 0.787. The van der Waals surface area contributed by atoms with E-state index < -0.39 is 118 Å². The van der Waals surface area contributed by atoms with E-state index in [0.717, 1.165) is 19.1 Å². The molecular weight excluding hydrogens is 1800 g/mol. The molecule has 0 bridgehead atoms. The first-order valence-electron chi connectivity index (χ1n) is 27.1. The summed E-state index contributed by atoms with van der Waals surface area (Å²) in [5.41, 5.74) is 1.42. The summed E-state index contributed by atoms with van der Waals surface area (Å²) in [4.78, 5) is 84.7. The monoisotopic (exact) mass is 1850 g/mol. The summed E-state index contributed by atoms with van der Waals surface area (Å²) in [5, 5.41) is 47.0. The molecule has 0 aliphatic rings. The number of benzene rings is 7. The Kier molecular flexibility index (Phi) is 56.3. The summed E-state index contributed by atoms with van der Waals surface area (Å²) >= 11 is 3.56. The van der Waals surface area contributed by atoms with Crippen molar-refractivity contribution in [2.24, 2.45) is 0 Å². The topological polar surface area (TPSA) is 335 Å². The van der Waals surface area contributed by atoms with E-state index in [9.17, 15) is 85.8 Å². The van der Waals surface area contributed by atoms with Crippen molar-refractivity contribution in [3.63, 3.8) is 0 Å². The van der Waals surface area contributed by atoms with Gasteiger partial charge in [0.2, 0.25) is 86.7 Å². The van der Waals surface area contributed by atoms with Gasteiger partial charge >= 0.3 is 88.6 Å². The smallest absolute Gasteiger partial charge is 0.519 e. The van der Waals surface area contributed by atoms with Crippen LogP contribution in [0.4, 0.5) is 74.1 Å². The molecule has 0 atom stereocenters. The molecule has 0 saturated carbocycles. The number of carbonyl (C=O) groups is 7. The fraction of sp³-hybridized carbons (Fsp3) is 0.194. The van der Waals surface area contributed by atoms with Gasteiger partial charge in [-0.05, 0) is 156 Å². The Morgan fingerprint density at radius 1 is 0.450 bits per heavy atom. The van der Waals surface area contributed by atoms with Crippen LogP contribution >= 0.6 is 53.0 Å². The fourth-order valence-electron chi connectivity index (χ4n) is 6.26. The Balaban J connectivity index is -0.000000289. The van der Waals surface area contributed by atoms with Gasteiger partial charge in [0.1, 0.15) is 28.7 Å². The predicted molar refractivity (Wildman–Crippen MR) is 365 cm³/mol. The van der Waals surface area contributed by atoms with Gasteiger partial charge in [0.25, 0.3) is 5.97 Å². The predicted octanol–water partition coefficient (Wildman–Crippen LogP) is 14.8. The Morgan fingerprint density at radius 3 is 1.00 bits per heavy atom. The molecule has 0 radical (unpaired) electrons. The van der Waals surface area contributed by atoms with E-state index in [1.54, 1.807) is 53.5 Å². The maximum absolute atomic E-state index is 13.6. The molecule has 0 aliphatic carbocycles. The summed E-state index contributed by atoms with van der Waals surface area (Å²) in [6.07, 6.45) is -5.92. The van der Waals surface area contributed by atoms with E-state index in [4.69, 9.17) is 78.1 Å². The molecule has 109 heavy (non-hydrogen) atoms. The van der Waals surface area contributed by atoms with Crippen LogP contribution in [0.5, 0.6) is 40.2 Å². The van der Waals surface area contributed by atoms with Gasteiger partial charge in [-0.25, -0.2) is 69.6 Å². The molecule has 0 heterocycles. The zero-order chi connectivity index (χ0) is 82.8. The second kappa shape index (κ2) is 56.0. The van der Waals surface area contributed by atoms with Crippen LogP contribution in [0.1, 0.15) is 93.8 Å². The van der Waals surface area contributed by atoms with E-state index in [1.807, 2.05) is 36.4 Å². The molecule has 0 aromatic heterocycles. The van der Waals surface area contributed by atoms with Crippen LogP contribution in [0.2, 0.25) is 0 Å². The number of halogens is 16. The van der Waals surface area contributed by atoms with E-state index >= 15 is 0 Å². The van der Waals surface area contributed by atoms with E-state index in [0.29, 0.717) is 31.7 Å². The maximum atomic E-state index is 13.6. The number of nitrogens with zero attached hydrogens (tertiary/aromatic N) is 5. The molecule has 0 spiro atoms. The maximum Gasteiger partial charge on any atom is 1.00 e. The number of methoxy groups -OCH3 is 4. The zero-order valence-corrected chi connectivity index (χ0v) is 64.4. The van der Waals surface area contributed by atoms with Crippen LogP contribution < -0.4 is 48.5 Å². The Bertz CT molecular complexity index is 4330. The van der Waals surface area contributed by atoms with Crippen molar-refractivity contribution in [1.29, 1.82) is 10.5 Å². The molecule has 4 N–H and O–H groups in total. The van der Waals surface area contributed by atoms with Crippen molar-refractivity contribution in [2.75, 3.05) is 28.4 Å². The third-order valence-corrected chi connectivity index (χ3v) is 11.5. The second-order valence-electron chi connectivity index (χ2n) is 18.5. The number of aliphatic carboxylic acids is 1. The largest absolute Gasteiger partial charge is 1.00 e. The van der Waals surface area contributed by atoms with Crippen molar-refractivity contribution in [1.82, 2.24) is 0 Å². The first kappa shape index (κ1) is 110. The first-order chi connectivity index (χ1) is 49.6. The number of hydrogen-bond acceptors (Lipinski definition) is 20. The van der Waals surface area contributed by atoms with Crippen molar-refractivity contribution < 1.29 is 196 Å². The van der Waals surface area contributed by atoms with Gasteiger partial charge in [-0.15, -0.1) is 0 Å². The number of carbonyl (C=O) groups excluding carboxylic acids is 6. The molecule has 584 valence electrons. The molecule has 0 amide bonds. The summed E-state index contributed by atoms with van der Waals surface area (Å²) in [5.74, 6) is -34.8. The quantitative estimate of drug-likeness (QED) is 0.0108. The van der Waals surface area contributed by atoms with Crippen LogP contribution in [0, 0.1) is 105 Å². The minimum Gasteiger partial charge on any atom is -0.519 e. The number of phenolic OH excluding ortho intramolecular Hbond substituents is 3. The third-order valence-electron chi connectivity index (χ3n) is 10.7. The van der Waals surface area contributed by atoms with Crippen molar-refractivity contribution in [3.8, 4) is 40.2 Å². The molecule has 0 saturated heterocycles. The normalized spacial score (nSPS) is 9.21. The van der Waals surface area contributed by atoms with E-state index in [-0.39, 0.29) is 112 Å². The molecule has 7 rings (SSSR count). The molecule has 7 aromatic carbocycles. The number of ether oxygens (including phenoxy) is 8. The molecule has 0 aliphatic heterocycles. The number of carboxylic acid groups (broad SMARTS) is 1. The molecule has 7 aromatic rings.